The Morgan fingerprint density at radius 1 is 1.27 bits per heavy atom. The summed E-state index contributed by atoms with van der Waals surface area (Å²) in [5, 5.41) is 12.9. The number of aliphatic hydroxyl groups is 1. The summed E-state index contributed by atoms with van der Waals surface area (Å²) in [6, 6.07) is 0. The monoisotopic (exact) mass is 419 g/mol. The van der Waals surface area contributed by atoms with Crippen molar-refractivity contribution in [3.8, 4) is 0 Å². The molecule has 1 saturated carbocycles. The molecular weight excluding hydrogens is 374 g/mol. The van der Waals surface area contributed by atoms with Crippen molar-refractivity contribution < 1.29 is 14.6 Å². The smallest absolute Gasteiger partial charge is 0.225 e. The highest BCUT2D eigenvalue weighted by molar-refractivity contribution is 5.81. The number of aliphatic hydroxyl groups excluding tert-OH is 1. The summed E-state index contributed by atoms with van der Waals surface area (Å²) in [4.78, 5) is 12.9. The first-order valence-corrected chi connectivity index (χ1v) is 11.9. The molecule has 0 aromatic rings. The van der Waals surface area contributed by atoms with Crippen molar-refractivity contribution in [3.63, 3.8) is 0 Å². The third-order valence-electron chi connectivity index (χ3n) is 7.90. The number of carbonyl (C=O) groups excluding carboxylic acids is 1. The highest BCUT2D eigenvalue weighted by Crippen LogP contribution is 2.47. The second kappa shape index (κ2) is 10.9. The molecule has 0 radical (unpaired) electrons. The van der Waals surface area contributed by atoms with Gasteiger partial charge in [-0.05, 0) is 73.8 Å². The zero-order valence-electron chi connectivity index (χ0n) is 20.3. The molecule has 1 fully saturated rings. The zero-order chi connectivity index (χ0) is 22.5. The van der Waals surface area contributed by atoms with Gasteiger partial charge in [0.1, 0.15) is 0 Å². The van der Waals surface area contributed by atoms with E-state index in [2.05, 4.69) is 45.2 Å². The van der Waals surface area contributed by atoms with Gasteiger partial charge in [-0.3, -0.25) is 4.79 Å². The number of methoxy groups -OCH3 is 1. The molecule has 0 aromatic carbocycles. The zero-order valence-corrected chi connectivity index (χ0v) is 20.3. The van der Waals surface area contributed by atoms with Crippen molar-refractivity contribution >= 4 is 5.91 Å². The minimum absolute atomic E-state index is 0.135. The fourth-order valence-corrected chi connectivity index (χ4v) is 6.03. The van der Waals surface area contributed by atoms with Gasteiger partial charge in [-0.1, -0.05) is 52.7 Å². The molecule has 0 heterocycles. The Morgan fingerprint density at radius 2 is 1.93 bits per heavy atom. The predicted octanol–water partition coefficient (Wildman–Crippen LogP) is 5.27. The molecule has 6 unspecified atom stereocenters. The first-order chi connectivity index (χ1) is 14.1. The Labute approximate surface area is 184 Å². The highest BCUT2D eigenvalue weighted by Gasteiger charge is 2.46. The maximum Gasteiger partial charge on any atom is 0.225 e. The van der Waals surface area contributed by atoms with Crippen LogP contribution in [0.25, 0.3) is 0 Å². The molecular formula is C26H45NO3. The van der Waals surface area contributed by atoms with Gasteiger partial charge >= 0.3 is 0 Å². The standard InChI is InChI=1S/C26H45NO3/c1-17(20-14-15-22(28)19(3)16-20)12-13-18(2)24(26(4,5)25(29)27-6)21-10-8-9-11-23(21)30-7/h14,16-18,21-24,28H,8-13,15H2,1-7H3,(H,27,29). The molecule has 0 spiro atoms. The molecule has 2 aliphatic carbocycles. The van der Waals surface area contributed by atoms with Gasteiger partial charge in [0.05, 0.1) is 12.2 Å². The second-order valence-electron chi connectivity index (χ2n) is 10.3. The molecule has 4 heteroatoms. The lowest BCUT2D eigenvalue weighted by Gasteiger charge is -2.46. The Balaban J connectivity index is 2.16. The third kappa shape index (κ3) is 5.76. The lowest BCUT2D eigenvalue weighted by molar-refractivity contribution is -0.138. The average molecular weight is 420 g/mol. The number of allylic oxidation sites excluding steroid dienone is 2. The number of hydrogen-bond acceptors (Lipinski definition) is 3. The van der Waals surface area contributed by atoms with Crippen LogP contribution in [0.3, 0.4) is 0 Å². The molecule has 172 valence electrons. The van der Waals surface area contributed by atoms with Crippen LogP contribution in [0.5, 0.6) is 0 Å². The number of amides is 1. The quantitative estimate of drug-likeness (QED) is 0.535. The number of nitrogens with one attached hydrogen (secondary N) is 1. The lowest BCUT2D eigenvalue weighted by atomic mass is 9.60. The van der Waals surface area contributed by atoms with Crippen LogP contribution in [-0.2, 0) is 9.53 Å². The highest BCUT2D eigenvalue weighted by atomic mass is 16.5. The van der Waals surface area contributed by atoms with Gasteiger partial charge in [0, 0.05) is 19.6 Å². The van der Waals surface area contributed by atoms with E-state index in [1.807, 2.05) is 14.0 Å². The summed E-state index contributed by atoms with van der Waals surface area (Å²) < 4.78 is 5.91. The van der Waals surface area contributed by atoms with Crippen LogP contribution in [0.4, 0.5) is 0 Å². The Hall–Kier alpha value is -1.13. The topological polar surface area (TPSA) is 58.6 Å². The van der Waals surface area contributed by atoms with E-state index in [-0.39, 0.29) is 24.0 Å². The molecule has 6 atom stereocenters. The number of ether oxygens (including phenoxy) is 1. The fraction of sp³-hybridized carbons (Fsp3) is 0.808. The van der Waals surface area contributed by atoms with E-state index in [0.717, 1.165) is 37.7 Å². The predicted molar refractivity (Wildman–Crippen MR) is 124 cm³/mol. The molecule has 2 rings (SSSR count). The van der Waals surface area contributed by atoms with Crippen molar-refractivity contribution in [2.24, 2.45) is 29.1 Å². The molecule has 0 saturated heterocycles. The van der Waals surface area contributed by atoms with Gasteiger partial charge in [-0.25, -0.2) is 0 Å². The molecule has 2 aliphatic rings. The van der Waals surface area contributed by atoms with Crippen LogP contribution < -0.4 is 5.32 Å². The minimum atomic E-state index is -0.430. The largest absolute Gasteiger partial charge is 0.388 e. The van der Waals surface area contributed by atoms with Crippen molar-refractivity contribution in [1.82, 2.24) is 5.32 Å². The Bertz CT molecular complexity index is 636. The second-order valence-corrected chi connectivity index (χ2v) is 10.3. The summed E-state index contributed by atoms with van der Waals surface area (Å²) in [5.41, 5.74) is 1.98. The molecule has 0 aromatic heterocycles. The summed E-state index contributed by atoms with van der Waals surface area (Å²) >= 11 is 0. The van der Waals surface area contributed by atoms with Crippen molar-refractivity contribution in [3.05, 3.63) is 23.3 Å². The van der Waals surface area contributed by atoms with E-state index in [9.17, 15) is 9.90 Å². The van der Waals surface area contributed by atoms with Crippen LogP contribution in [0.1, 0.15) is 79.6 Å². The summed E-state index contributed by atoms with van der Waals surface area (Å²) in [5.74, 6) is 1.74. The average Bonchev–Trinajstić information content (AvgIpc) is 2.73. The third-order valence-corrected chi connectivity index (χ3v) is 7.90. The van der Waals surface area contributed by atoms with E-state index in [1.165, 1.54) is 18.4 Å². The van der Waals surface area contributed by atoms with Gasteiger partial charge < -0.3 is 15.2 Å². The lowest BCUT2D eigenvalue weighted by Crippen LogP contribution is -2.49. The molecule has 2 N–H and O–H groups in total. The van der Waals surface area contributed by atoms with Gasteiger partial charge in [0.15, 0.2) is 0 Å². The Morgan fingerprint density at radius 3 is 2.53 bits per heavy atom. The maximum atomic E-state index is 12.9. The van der Waals surface area contributed by atoms with E-state index >= 15 is 0 Å². The normalized spacial score (nSPS) is 28.2. The molecule has 0 bridgehead atoms. The van der Waals surface area contributed by atoms with Gasteiger partial charge in [-0.2, -0.15) is 0 Å². The van der Waals surface area contributed by atoms with E-state index in [0.29, 0.717) is 17.8 Å². The van der Waals surface area contributed by atoms with Crippen LogP contribution in [-0.4, -0.2) is 37.4 Å². The SMILES string of the molecule is CNC(=O)C(C)(C)C(C(C)CCC(C)C1=CCC(O)C(C)=C1)C1CCCCC1OC. The molecule has 4 nitrogen and oxygen atoms in total. The van der Waals surface area contributed by atoms with E-state index in [1.54, 1.807) is 7.05 Å². The summed E-state index contributed by atoms with van der Waals surface area (Å²) in [6.07, 6.45) is 11.9. The van der Waals surface area contributed by atoms with E-state index < -0.39 is 5.41 Å². The molecule has 0 aliphatic heterocycles. The minimum Gasteiger partial charge on any atom is -0.388 e. The van der Waals surface area contributed by atoms with Crippen molar-refractivity contribution in [1.29, 1.82) is 0 Å². The first-order valence-electron chi connectivity index (χ1n) is 11.9. The number of hydrogen-bond donors (Lipinski definition) is 2. The van der Waals surface area contributed by atoms with Gasteiger partial charge in [-0.15, -0.1) is 0 Å². The van der Waals surface area contributed by atoms with E-state index in [4.69, 9.17) is 4.74 Å². The van der Waals surface area contributed by atoms with Crippen molar-refractivity contribution in [2.45, 2.75) is 91.8 Å². The molecule has 30 heavy (non-hydrogen) atoms. The van der Waals surface area contributed by atoms with Crippen molar-refractivity contribution in [2.75, 3.05) is 14.2 Å². The van der Waals surface area contributed by atoms with Crippen LogP contribution in [0, 0.1) is 29.1 Å². The Kier molecular flexibility index (Phi) is 9.17. The summed E-state index contributed by atoms with van der Waals surface area (Å²) in [6.45, 7) is 10.9. The van der Waals surface area contributed by atoms with Gasteiger partial charge in [0.2, 0.25) is 5.91 Å². The van der Waals surface area contributed by atoms with Crippen LogP contribution in [0.15, 0.2) is 23.3 Å². The fourth-order valence-electron chi connectivity index (χ4n) is 6.03. The number of carbonyl (C=O) groups is 1. The van der Waals surface area contributed by atoms with Gasteiger partial charge in [0.25, 0.3) is 0 Å². The van der Waals surface area contributed by atoms with Crippen LogP contribution in [0.2, 0.25) is 0 Å². The summed E-state index contributed by atoms with van der Waals surface area (Å²) in [7, 11) is 3.58. The first kappa shape index (κ1) is 25.1. The maximum absolute atomic E-state index is 12.9. The number of rotatable bonds is 9. The van der Waals surface area contributed by atoms with Crippen LogP contribution >= 0.6 is 0 Å². The molecule has 1 amide bonds.